The zero-order chi connectivity index (χ0) is 15.2. The second-order valence-corrected chi connectivity index (χ2v) is 7.06. The number of amides is 1. The highest BCUT2D eigenvalue weighted by molar-refractivity contribution is 7.99. The lowest BCUT2D eigenvalue weighted by Crippen LogP contribution is -2.43. The topological polar surface area (TPSA) is 41.1 Å². The maximum Gasteiger partial charge on any atom is 0.253 e. The van der Waals surface area contributed by atoms with Gasteiger partial charge in [-0.15, -0.1) is 0 Å². The van der Waals surface area contributed by atoms with Crippen molar-refractivity contribution < 1.29 is 4.79 Å². The third-order valence-electron chi connectivity index (χ3n) is 3.94. The maximum atomic E-state index is 12.6. The molecule has 2 rings (SSSR count). The van der Waals surface area contributed by atoms with E-state index < -0.39 is 0 Å². The molecule has 1 aliphatic carbocycles. The summed E-state index contributed by atoms with van der Waals surface area (Å²) in [6, 6.07) is 8.37. The summed E-state index contributed by atoms with van der Waals surface area (Å²) in [6.07, 6.45) is 6.94. The summed E-state index contributed by atoms with van der Waals surface area (Å²) in [7, 11) is 0. The van der Waals surface area contributed by atoms with Gasteiger partial charge in [-0.3, -0.25) is 4.79 Å². The third-order valence-corrected chi connectivity index (χ3v) is 5.11. The molecule has 1 aliphatic rings. The molecule has 0 bridgehead atoms. The predicted octanol–water partition coefficient (Wildman–Crippen LogP) is 3.91. The summed E-state index contributed by atoms with van der Waals surface area (Å²) >= 11 is 1.88. The van der Waals surface area contributed by atoms with Crippen LogP contribution in [0.1, 0.15) is 49.9 Å². The van der Waals surface area contributed by atoms with Gasteiger partial charge in [0.15, 0.2) is 0 Å². The molecule has 21 heavy (non-hydrogen) atoms. The largest absolute Gasteiger partial charge is 0.382 e. The molecular weight excluding hydrogens is 280 g/mol. The van der Waals surface area contributed by atoms with Crippen LogP contribution in [0.15, 0.2) is 24.3 Å². The summed E-state index contributed by atoms with van der Waals surface area (Å²) in [5.41, 5.74) is 1.66. The Morgan fingerprint density at radius 3 is 2.67 bits per heavy atom. The zero-order valence-electron chi connectivity index (χ0n) is 13.2. The van der Waals surface area contributed by atoms with Crippen molar-refractivity contribution in [3.63, 3.8) is 0 Å². The SMILES string of the molecule is CSC1CCCCC1NC(=O)c1ccccc1NC(C)C. The quantitative estimate of drug-likeness (QED) is 0.866. The Hall–Kier alpha value is -1.16. The summed E-state index contributed by atoms with van der Waals surface area (Å²) in [5, 5.41) is 7.15. The fourth-order valence-electron chi connectivity index (χ4n) is 2.91. The van der Waals surface area contributed by atoms with Gasteiger partial charge < -0.3 is 10.6 Å². The molecule has 1 aromatic carbocycles. The Morgan fingerprint density at radius 1 is 1.24 bits per heavy atom. The normalized spacial score (nSPS) is 22.1. The van der Waals surface area contributed by atoms with Crippen LogP contribution in [0.4, 0.5) is 5.69 Å². The number of carbonyl (C=O) groups is 1. The van der Waals surface area contributed by atoms with Crippen LogP contribution >= 0.6 is 11.8 Å². The van der Waals surface area contributed by atoms with Gasteiger partial charge in [-0.1, -0.05) is 25.0 Å². The molecule has 1 saturated carbocycles. The Bertz CT molecular complexity index is 476. The molecule has 0 radical (unpaired) electrons. The van der Waals surface area contributed by atoms with Crippen LogP contribution in [0.2, 0.25) is 0 Å². The van der Waals surface area contributed by atoms with E-state index in [0.717, 1.165) is 17.7 Å². The van der Waals surface area contributed by atoms with Crippen LogP contribution in [0.5, 0.6) is 0 Å². The van der Waals surface area contributed by atoms with E-state index in [1.165, 1.54) is 19.3 Å². The molecule has 4 heteroatoms. The number of anilines is 1. The average Bonchev–Trinajstić information content (AvgIpc) is 2.47. The number of hydrogen-bond acceptors (Lipinski definition) is 3. The molecule has 0 aromatic heterocycles. The number of benzene rings is 1. The Morgan fingerprint density at radius 2 is 1.95 bits per heavy atom. The van der Waals surface area contributed by atoms with Crippen molar-refractivity contribution in [3.05, 3.63) is 29.8 Å². The number of para-hydroxylation sites is 1. The van der Waals surface area contributed by atoms with Gasteiger partial charge in [0.05, 0.1) is 5.56 Å². The van der Waals surface area contributed by atoms with Crippen molar-refractivity contribution in [1.29, 1.82) is 0 Å². The summed E-state index contributed by atoms with van der Waals surface area (Å²) < 4.78 is 0. The standard InChI is InChI=1S/C17H26N2OS/c1-12(2)18-14-9-5-4-8-13(14)17(20)19-15-10-6-7-11-16(15)21-3/h4-5,8-9,12,15-16,18H,6-7,10-11H2,1-3H3,(H,19,20). The van der Waals surface area contributed by atoms with E-state index in [0.29, 0.717) is 17.3 Å². The second-order valence-electron chi connectivity index (χ2n) is 5.98. The first-order chi connectivity index (χ1) is 10.1. The van der Waals surface area contributed by atoms with Crippen molar-refractivity contribution in [1.82, 2.24) is 5.32 Å². The summed E-state index contributed by atoms with van der Waals surface area (Å²) in [5.74, 6) is 0.0460. The van der Waals surface area contributed by atoms with Crippen molar-refractivity contribution in [2.75, 3.05) is 11.6 Å². The van der Waals surface area contributed by atoms with Crippen LogP contribution in [-0.4, -0.2) is 29.5 Å². The summed E-state index contributed by atoms with van der Waals surface area (Å²) in [6.45, 7) is 4.17. The van der Waals surface area contributed by atoms with Gasteiger partial charge in [0.1, 0.15) is 0 Å². The molecule has 0 spiro atoms. The number of carbonyl (C=O) groups excluding carboxylic acids is 1. The van der Waals surface area contributed by atoms with E-state index in [-0.39, 0.29) is 5.91 Å². The minimum absolute atomic E-state index is 0.0460. The van der Waals surface area contributed by atoms with Gasteiger partial charge in [-0.2, -0.15) is 11.8 Å². The van der Waals surface area contributed by atoms with E-state index in [2.05, 4.69) is 30.7 Å². The maximum absolute atomic E-state index is 12.6. The first kappa shape index (κ1) is 16.2. The number of nitrogens with one attached hydrogen (secondary N) is 2. The molecular formula is C17H26N2OS. The van der Waals surface area contributed by atoms with Crippen LogP contribution in [0.3, 0.4) is 0 Å². The van der Waals surface area contributed by atoms with Crippen LogP contribution in [0.25, 0.3) is 0 Å². The van der Waals surface area contributed by atoms with Gasteiger partial charge in [0.25, 0.3) is 5.91 Å². The molecule has 0 saturated heterocycles. The predicted molar refractivity (Wildman–Crippen MR) is 92.2 cm³/mol. The van der Waals surface area contributed by atoms with Crippen molar-refractivity contribution in [2.24, 2.45) is 0 Å². The van der Waals surface area contributed by atoms with Crippen molar-refractivity contribution >= 4 is 23.4 Å². The molecule has 0 heterocycles. The van der Waals surface area contributed by atoms with Crippen molar-refractivity contribution in [3.8, 4) is 0 Å². The molecule has 1 amide bonds. The lowest BCUT2D eigenvalue weighted by atomic mass is 9.94. The fraction of sp³-hybridized carbons (Fsp3) is 0.588. The molecule has 1 fully saturated rings. The number of thioether (sulfide) groups is 1. The zero-order valence-corrected chi connectivity index (χ0v) is 14.0. The van der Waals surface area contributed by atoms with E-state index in [1.807, 2.05) is 36.0 Å². The highest BCUT2D eigenvalue weighted by atomic mass is 32.2. The summed E-state index contributed by atoms with van der Waals surface area (Å²) in [4.78, 5) is 12.6. The van der Waals surface area contributed by atoms with E-state index in [4.69, 9.17) is 0 Å². The van der Waals surface area contributed by atoms with E-state index in [1.54, 1.807) is 0 Å². The molecule has 3 nitrogen and oxygen atoms in total. The van der Waals surface area contributed by atoms with Crippen LogP contribution in [0, 0.1) is 0 Å². The van der Waals surface area contributed by atoms with Gasteiger partial charge in [0, 0.05) is 23.0 Å². The monoisotopic (exact) mass is 306 g/mol. The molecule has 2 atom stereocenters. The molecule has 2 unspecified atom stereocenters. The first-order valence-corrected chi connectivity index (χ1v) is 9.10. The lowest BCUT2D eigenvalue weighted by Gasteiger charge is -2.31. The number of hydrogen-bond donors (Lipinski definition) is 2. The Balaban J connectivity index is 2.09. The van der Waals surface area contributed by atoms with Crippen LogP contribution in [-0.2, 0) is 0 Å². The Kier molecular flexibility index (Phi) is 5.97. The third kappa shape index (κ3) is 4.40. The highest BCUT2D eigenvalue weighted by Crippen LogP contribution is 2.27. The van der Waals surface area contributed by atoms with Crippen molar-refractivity contribution in [2.45, 2.75) is 56.9 Å². The van der Waals surface area contributed by atoms with Crippen LogP contribution < -0.4 is 10.6 Å². The van der Waals surface area contributed by atoms with Gasteiger partial charge in [-0.25, -0.2) is 0 Å². The first-order valence-electron chi connectivity index (χ1n) is 7.81. The lowest BCUT2D eigenvalue weighted by molar-refractivity contribution is 0.0930. The second kappa shape index (κ2) is 7.74. The van der Waals surface area contributed by atoms with E-state index >= 15 is 0 Å². The fourth-order valence-corrected chi connectivity index (χ4v) is 3.84. The molecule has 2 N–H and O–H groups in total. The highest BCUT2D eigenvalue weighted by Gasteiger charge is 2.26. The van der Waals surface area contributed by atoms with Gasteiger partial charge in [-0.05, 0) is 45.1 Å². The van der Waals surface area contributed by atoms with Gasteiger partial charge in [0.2, 0.25) is 0 Å². The minimum Gasteiger partial charge on any atom is -0.382 e. The minimum atomic E-state index is 0.0460. The smallest absolute Gasteiger partial charge is 0.253 e. The molecule has 0 aliphatic heterocycles. The van der Waals surface area contributed by atoms with E-state index in [9.17, 15) is 4.79 Å². The molecule has 1 aromatic rings. The Labute approximate surface area is 132 Å². The van der Waals surface area contributed by atoms with Gasteiger partial charge >= 0.3 is 0 Å². The average molecular weight is 306 g/mol. The molecule has 116 valence electrons. The number of rotatable bonds is 5.